The normalized spacial score (nSPS) is 16.9. The molecule has 0 fully saturated rings. The maximum atomic E-state index is 13.5. The van der Waals surface area contributed by atoms with Crippen molar-refractivity contribution in [2.45, 2.75) is 19.4 Å². The molecular weight excluding hydrogens is 255 g/mol. The summed E-state index contributed by atoms with van der Waals surface area (Å²) in [7, 11) is 0. The van der Waals surface area contributed by atoms with Crippen LogP contribution in [0.3, 0.4) is 0 Å². The Morgan fingerprint density at radius 1 is 1.20 bits per heavy atom. The average molecular weight is 270 g/mol. The predicted octanol–water partition coefficient (Wildman–Crippen LogP) is 1.96. The summed E-state index contributed by atoms with van der Waals surface area (Å²) in [4.78, 5) is 10.9. The van der Waals surface area contributed by atoms with Crippen LogP contribution >= 0.6 is 0 Å². The van der Waals surface area contributed by atoms with Crippen LogP contribution in [0.5, 0.6) is 0 Å². The van der Waals surface area contributed by atoms with E-state index in [-0.39, 0.29) is 5.82 Å². The Labute approximate surface area is 116 Å². The van der Waals surface area contributed by atoms with Crippen molar-refractivity contribution in [1.82, 2.24) is 15.3 Å². The average Bonchev–Trinajstić information content (AvgIpc) is 2.89. The molecule has 2 aromatic rings. The minimum atomic E-state index is -0.198. The van der Waals surface area contributed by atoms with Gasteiger partial charge in [-0.25, -0.2) is 14.4 Å². The molecule has 4 rings (SSSR count). The SMILES string of the molecule is Fc1ccc2c(c1)N(c1ncnc3c1CNCC3)CC2. The molecule has 0 amide bonds. The van der Waals surface area contributed by atoms with Crippen LogP contribution in [0.25, 0.3) is 0 Å². The topological polar surface area (TPSA) is 41.1 Å². The van der Waals surface area contributed by atoms with Gasteiger partial charge in [-0.15, -0.1) is 0 Å². The van der Waals surface area contributed by atoms with Crippen molar-refractivity contribution in [3.63, 3.8) is 0 Å². The first kappa shape index (κ1) is 11.8. The number of nitrogens with one attached hydrogen (secondary N) is 1. The van der Waals surface area contributed by atoms with Crippen molar-refractivity contribution < 1.29 is 4.39 Å². The number of benzene rings is 1. The van der Waals surface area contributed by atoms with Gasteiger partial charge in [-0.05, 0) is 24.1 Å². The molecule has 0 bridgehead atoms. The van der Waals surface area contributed by atoms with Crippen molar-refractivity contribution >= 4 is 11.5 Å². The minimum absolute atomic E-state index is 0.198. The molecule has 0 saturated heterocycles. The Hall–Kier alpha value is -2.01. The summed E-state index contributed by atoms with van der Waals surface area (Å²) in [5.74, 6) is 0.725. The molecule has 5 heteroatoms. The van der Waals surface area contributed by atoms with Crippen molar-refractivity contribution in [1.29, 1.82) is 0 Å². The van der Waals surface area contributed by atoms with E-state index in [4.69, 9.17) is 0 Å². The van der Waals surface area contributed by atoms with E-state index in [1.54, 1.807) is 12.4 Å². The van der Waals surface area contributed by atoms with Crippen LogP contribution in [-0.2, 0) is 19.4 Å². The highest BCUT2D eigenvalue weighted by atomic mass is 19.1. The zero-order valence-electron chi connectivity index (χ0n) is 11.1. The zero-order valence-corrected chi connectivity index (χ0v) is 11.1. The zero-order chi connectivity index (χ0) is 13.5. The van der Waals surface area contributed by atoms with E-state index in [1.807, 2.05) is 6.07 Å². The summed E-state index contributed by atoms with van der Waals surface area (Å²) in [5.41, 5.74) is 4.38. The number of nitrogens with zero attached hydrogens (tertiary/aromatic N) is 3. The molecule has 0 atom stereocenters. The molecule has 0 radical (unpaired) electrons. The Morgan fingerprint density at radius 3 is 3.10 bits per heavy atom. The third-order valence-electron chi connectivity index (χ3n) is 4.05. The van der Waals surface area contributed by atoms with Gasteiger partial charge in [0, 0.05) is 37.3 Å². The summed E-state index contributed by atoms with van der Waals surface area (Å²) in [6.45, 7) is 2.59. The van der Waals surface area contributed by atoms with Crippen molar-refractivity contribution in [3.05, 3.63) is 47.2 Å². The van der Waals surface area contributed by atoms with Crippen molar-refractivity contribution in [3.8, 4) is 0 Å². The molecule has 0 saturated carbocycles. The largest absolute Gasteiger partial charge is 0.325 e. The Morgan fingerprint density at radius 2 is 2.15 bits per heavy atom. The molecule has 20 heavy (non-hydrogen) atoms. The number of hydrogen-bond donors (Lipinski definition) is 1. The molecule has 1 N–H and O–H groups in total. The minimum Gasteiger partial charge on any atom is -0.325 e. The molecule has 1 aromatic carbocycles. The molecule has 2 aliphatic heterocycles. The van der Waals surface area contributed by atoms with Crippen molar-refractivity contribution in [2.75, 3.05) is 18.0 Å². The van der Waals surface area contributed by atoms with E-state index in [2.05, 4.69) is 20.2 Å². The second-order valence-corrected chi connectivity index (χ2v) is 5.22. The molecule has 4 nitrogen and oxygen atoms in total. The van der Waals surface area contributed by atoms with Gasteiger partial charge in [0.2, 0.25) is 0 Å². The lowest BCUT2D eigenvalue weighted by Gasteiger charge is -2.25. The van der Waals surface area contributed by atoms with Gasteiger partial charge in [0.25, 0.3) is 0 Å². The molecule has 0 spiro atoms. The van der Waals surface area contributed by atoms with Crippen LogP contribution in [0.4, 0.5) is 15.9 Å². The molecule has 2 aliphatic rings. The summed E-state index contributed by atoms with van der Waals surface area (Å²) in [5, 5.41) is 3.36. The third kappa shape index (κ3) is 1.78. The van der Waals surface area contributed by atoms with E-state index in [1.165, 1.54) is 11.6 Å². The fourth-order valence-electron chi connectivity index (χ4n) is 3.06. The lowest BCUT2D eigenvalue weighted by atomic mass is 10.1. The summed E-state index contributed by atoms with van der Waals surface area (Å²) in [6.07, 6.45) is 3.48. The van der Waals surface area contributed by atoms with Gasteiger partial charge in [-0.1, -0.05) is 6.07 Å². The van der Waals surface area contributed by atoms with Gasteiger partial charge in [0.05, 0.1) is 5.69 Å². The Kier molecular flexibility index (Phi) is 2.67. The summed E-state index contributed by atoms with van der Waals surface area (Å²) < 4.78 is 13.5. The molecule has 0 aliphatic carbocycles. The Bertz CT molecular complexity index is 671. The lowest BCUT2D eigenvalue weighted by Crippen LogP contribution is -2.28. The first-order chi connectivity index (χ1) is 9.83. The van der Waals surface area contributed by atoms with Gasteiger partial charge < -0.3 is 10.2 Å². The van der Waals surface area contributed by atoms with Gasteiger partial charge >= 0.3 is 0 Å². The molecule has 1 aromatic heterocycles. The van der Waals surface area contributed by atoms with Crippen LogP contribution in [0.2, 0.25) is 0 Å². The maximum absolute atomic E-state index is 13.5. The van der Waals surface area contributed by atoms with Gasteiger partial charge in [0.15, 0.2) is 0 Å². The van der Waals surface area contributed by atoms with Gasteiger partial charge in [-0.2, -0.15) is 0 Å². The molecule has 0 unspecified atom stereocenters. The van der Waals surface area contributed by atoms with Crippen LogP contribution < -0.4 is 10.2 Å². The standard InChI is InChI=1S/C15H15FN4/c16-11-2-1-10-4-6-20(14(10)7-11)15-12-8-17-5-3-13(12)18-9-19-15/h1-2,7,9,17H,3-6,8H2. The highest BCUT2D eigenvalue weighted by Crippen LogP contribution is 2.36. The number of rotatable bonds is 1. The van der Waals surface area contributed by atoms with Crippen LogP contribution in [0.15, 0.2) is 24.5 Å². The maximum Gasteiger partial charge on any atom is 0.141 e. The highest BCUT2D eigenvalue weighted by Gasteiger charge is 2.26. The quantitative estimate of drug-likeness (QED) is 0.860. The first-order valence-corrected chi connectivity index (χ1v) is 6.92. The van der Waals surface area contributed by atoms with Gasteiger partial charge in [-0.3, -0.25) is 0 Å². The third-order valence-corrected chi connectivity index (χ3v) is 4.05. The molecular formula is C15H15FN4. The fourth-order valence-corrected chi connectivity index (χ4v) is 3.06. The van der Waals surface area contributed by atoms with Crippen molar-refractivity contribution in [2.24, 2.45) is 0 Å². The second kappa shape index (κ2) is 4.52. The van der Waals surface area contributed by atoms with E-state index in [0.29, 0.717) is 0 Å². The van der Waals surface area contributed by atoms with E-state index < -0.39 is 0 Å². The number of fused-ring (bicyclic) bond motifs is 2. The molecule has 3 heterocycles. The summed E-state index contributed by atoms with van der Waals surface area (Å²) in [6, 6.07) is 5.00. The number of halogens is 1. The number of aromatic nitrogens is 2. The summed E-state index contributed by atoms with van der Waals surface area (Å²) >= 11 is 0. The lowest BCUT2D eigenvalue weighted by molar-refractivity contribution is 0.623. The first-order valence-electron chi connectivity index (χ1n) is 6.92. The smallest absolute Gasteiger partial charge is 0.141 e. The monoisotopic (exact) mass is 270 g/mol. The number of hydrogen-bond acceptors (Lipinski definition) is 4. The van der Waals surface area contributed by atoms with Crippen LogP contribution in [-0.4, -0.2) is 23.1 Å². The van der Waals surface area contributed by atoms with Crippen LogP contribution in [0.1, 0.15) is 16.8 Å². The van der Waals surface area contributed by atoms with Gasteiger partial charge in [0.1, 0.15) is 18.0 Å². The van der Waals surface area contributed by atoms with E-state index >= 15 is 0 Å². The van der Waals surface area contributed by atoms with E-state index in [9.17, 15) is 4.39 Å². The molecule has 102 valence electrons. The predicted molar refractivity (Wildman–Crippen MR) is 74.6 cm³/mol. The van der Waals surface area contributed by atoms with Crippen LogP contribution in [0, 0.1) is 5.82 Å². The second-order valence-electron chi connectivity index (χ2n) is 5.22. The fraction of sp³-hybridized carbons (Fsp3) is 0.333. The van der Waals surface area contributed by atoms with E-state index in [0.717, 1.165) is 55.2 Å². The Balaban J connectivity index is 1.82. The highest BCUT2D eigenvalue weighted by molar-refractivity contribution is 5.70. The number of anilines is 2.